The highest BCUT2D eigenvalue weighted by molar-refractivity contribution is 7.92. The van der Waals surface area contributed by atoms with Gasteiger partial charge in [-0.2, -0.15) is 12.7 Å². The van der Waals surface area contributed by atoms with Crippen LogP contribution in [0.1, 0.15) is 25.7 Å². The normalized spacial score (nSPS) is 16.5. The Morgan fingerprint density at radius 2 is 1.75 bits per heavy atom. The molecule has 0 unspecified atom stereocenters. The highest BCUT2D eigenvalue weighted by Crippen LogP contribution is 2.31. The van der Waals surface area contributed by atoms with E-state index in [4.69, 9.17) is 4.74 Å². The number of hydrogen-bond donors (Lipinski definition) is 1. The van der Waals surface area contributed by atoms with E-state index in [-0.39, 0.29) is 21.4 Å². The molecule has 0 spiro atoms. The van der Waals surface area contributed by atoms with Gasteiger partial charge in [-0.3, -0.25) is 4.72 Å². The molecular weight excluding hydrogens is 404 g/mol. The average molecular weight is 429 g/mol. The summed E-state index contributed by atoms with van der Waals surface area (Å²) in [5.41, 5.74) is 0.0454. The average Bonchev–Trinajstić information content (AvgIpc) is 2.92. The van der Waals surface area contributed by atoms with Gasteiger partial charge in [0.05, 0.1) is 24.0 Å². The van der Waals surface area contributed by atoms with Crippen molar-refractivity contribution in [2.75, 3.05) is 24.9 Å². The van der Waals surface area contributed by atoms with Crippen molar-refractivity contribution in [1.82, 2.24) is 13.9 Å². The van der Waals surface area contributed by atoms with Crippen LogP contribution in [-0.4, -0.2) is 50.9 Å². The zero-order valence-electron chi connectivity index (χ0n) is 15.8. The van der Waals surface area contributed by atoms with Gasteiger partial charge in [0.1, 0.15) is 5.75 Å². The first-order valence-corrected chi connectivity index (χ1v) is 11.9. The minimum atomic E-state index is -3.99. The number of aryl methyl sites for hydroxylation is 1. The molecule has 154 valence electrons. The van der Waals surface area contributed by atoms with Gasteiger partial charge in [-0.05, 0) is 31.0 Å². The van der Waals surface area contributed by atoms with Crippen LogP contribution < -0.4 is 9.46 Å². The van der Waals surface area contributed by atoms with Crippen LogP contribution in [0.3, 0.4) is 0 Å². The fraction of sp³-hybridized carbons (Fsp3) is 0.471. The number of imidazole rings is 1. The second kappa shape index (κ2) is 8.10. The first kappa shape index (κ1) is 20.6. The maximum absolute atomic E-state index is 13.0. The van der Waals surface area contributed by atoms with Gasteiger partial charge >= 0.3 is 0 Å². The molecule has 0 amide bonds. The summed E-state index contributed by atoms with van der Waals surface area (Å²) >= 11 is 0. The Morgan fingerprint density at radius 1 is 1.07 bits per heavy atom. The van der Waals surface area contributed by atoms with E-state index in [2.05, 4.69) is 9.71 Å². The Hall–Kier alpha value is -2.11. The fourth-order valence-corrected chi connectivity index (χ4v) is 5.67. The van der Waals surface area contributed by atoms with Crippen LogP contribution in [-0.2, 0) is 27.1 Å². The molecule has 0 aliphatic carbocycles. The van der Waals surface area contributed by atoms with E-state index < -0.39 is 20.0 Å². The Bertz CT molecular complexity index is 1040. The highest BCUT2D eigenvalue weighted by atomic mass is 32.2. The number of anilines is 1. The third kappa shape index (κ3) is 4.31. The molecule has 1 aliphatic heterocycles. The third-order valence-corrected chi connectivity index (χ3v) is 7.72. The SMILES string of the molecule is COc1ccc(S(=O)(=O)N2CCCCCC2)cc1NS(=O)(=O)c1cn(C)cn1. The molecule has 1 aromatic heterocycles. The summed E-state index contributed by atoms with van der Waals surface area (Å²) < 4.78 is 61.8. The largest absolute Gasteiger partial charge is 0.495 e. The van der Waals surface area contributed by atoms with Crippen molar-refractivity contribution in [3.8, 4) is 5.75 Å². The lowest BCUT2D eigenvalue weighted by Crippen LogP contribution is -2.32. The summed E-state index contributed by atoms with van der Waals surface area (Å²) in [5, 5.41) is -0.169. The molecule has 0 atom stereocenters. The molecule has 1 aliphatic rings. The van der Waals surface area contributed by atoms with Crippen LogP contribution in [0.2, 0.25) is 0 Å². The quantitative estimate of drug-likeness (QED) is 0.751. The van der Waals surface area contributed by atoms with Gasteiger partial charge in [0.2, 0.25) is 10.0 Å². The molecule has 28 heavy (non-hydrogen) atoms. The zero-order chi connectivity index (χ0) is 20.4. The molecule has 1 fully saturated rings. The van der Waals surface area contributed by atoms with E-state index >= 15 is 0 Å². The van der Waals surface area contributed by atoms with Gasteiger partial charge < -0.3 is 9.30 Å². The predicted octanol–water partition coefficient (Wildman–Crippen LogP) is 1.79. The summed E-state index contributed by atoms with van der Waals surface area (Å²) in [6.07, 6.45) is 6.36. The zero-order valence-corrected chi connectivity index (χ0v) is 17.5. The number of hydrogen-bond acceptors (Lipinski definition) is 6. The maximum Gasteiger partial charge on any atom is 0.281 e. The first-order chi connectivity index (χ1) is 13.2. The minimum Gasteiger partial charge on any atom is -0.495 e. The maximum atomic E-state index is 13.0. The number of sulfonamides is 2. The van der Waals surface area contributed by atoms with Gasteiger partial charge in [-0.15, -0.1) is 0 Å². The molecule has 2 heterocycles. The monoisotopic (exact) mass is 428 g/mol. The Labute approximate surface area is 165 Å². The Kier molecular flexibility index (Phi) is 5.96. The lowest BCUT2D eigenvalue weighted by molar-refractivity contribution is 0.415. The van der Waals surface area contributed by atoms with Crippen molar-refractivity contribution in [3.05, 3.63) is 30.7 Å². The van der Waals surface area contributed by atoms with Crippen LogP contribution >= 0.6 is 0 Å². The van der Waals surface area contributed by atoms with E-state index in [1.807, 2.05) is 0 Å². The summed E-state index contributed by atoms with van der Waals surface area (Å²) in [6.45, 7) is 0.923. The standard InChI is InChI=1S/C17H24N4O5S2/c1-20-12-17(18-13-20)27(22,23)19-15-11-14(7-8-16(15)26-2)28(24,25)21-9-5-3-4-6-10-21/h7-8,11-13,19H,3-6,9-10H2,1-2H3. The number of ether oxygens (including phenoxy) is 1. The number of methoxy groups -OCH3 is 1. The summed E-state index contributed by atoms with van der Waals surface area (Å²) in [4.78, 5) is 3.86. The minimum absolute atomic E-state index is 0.0221. The van der Waals surface area contributed by atoms with Crippen LogP contribution in [0, 0.1) is 0 Å². The van der Waals surface area contributed by atoms with Gasteiger partial charge in [0, 0.05) is 26.3 Å². The van der Waals surface area contributed by atoms with Crippen molar-refractivity contribution in [2.24, 2.45) is 7.05 Å². The predicted molar refractivity (Wildman–Crippen MR) is 104 cm³/mol. The Morgan fingerprint density at radius 3 is 2.32 bits per heavy atom. The molecule has 3 rings (SSSR count). The van der Waals surface area contributed by atoms with E-state index in [1.165, 1.54) is 46.7 Å². The van der Waals surface area contributed by atoms with Crippen molar-refractivity contribution in [2.45, 2.75) is 35.6 Å². The Balaban J connectivity index is 1.96. The number of nitrogens with one attached hydrogen (secondary N) is 1. The molecular formula is C17H24N4O5S2. The number of benzene rings is 1. The molecule has 1 saturated heterocycles. The molecule has 1 aromatic carbocycles. The second-order valence-corrected chi connectivity index (χ2v) is 10.2. The van der Waals surface area contributed by atoms with Crippen molar-refractivity contribution < 1.29 is 21.6 Å². The first-order valence-electron chi connectivity index (χ1n) is 8.93. The van der Waals surface area contributed by atoms with Crippen molar-refractivity contribution >= 4 is 25.7 Å². The van der Waals surface area contributed by atoms with E-state index in [9.17, 15) is 16.8 Å². The summed E-state index contributed by atoms with van der Waals surface area (Å²) in [5.74, 6) is 0.217. The van der Waals surface area contributed by atoms with E-state index in [0.717, 1.165) is 25.7 Å². The fourth-order valence-electron chi connectivity index (χ4n) is 3.08. The van der Waals surface area contributed by atoms with Gasteiger partial charge in [0.15, 0.2) is 5.03 Å². The van der Waals surface area contributed by atoms with Crippen LogP contribution in [0.5, 0.6) is 5.75 Å². The van der Waals surface area contributed by atoms with Crippen LogP contribution in [0.4, 0.5) is 5.69 Å². The molecule has 1 N–H and O–H groups in total. The van der Waals surface area contributed by atoms with Crippen LogP contribution in [0.25, 0.3) is 0 Å². The molecule has 0 bridgehead atoms. The smallest absolute Gasteiger partial charge is 0.281 e. The molecule has 0 saturated carbocycles. The molecule has 0 radical (unpaired) electrons. The topological polar surface area (TPSA) is 111 Å². The molecule has 11 heteroatoms. The number of rotatable bonds is 6. The summed E-state index contributed by atoms with van der Waals surface area (Å²) in [6, 6.07) is 4.16. The van der Waals surface area contributed by atoms with E-state index in [0.29, 0.717) is 13.1 Å². The van der Waals surface area contributed by atoms with Gasteiger partial charge in [-0.1, -0.05) is 12.8 Å². The van der Waals surface area contributed by atoms with Crippen molar-refractivity contribution in [3.63, 3.8) is 0 Å². The highest BCUT2D eigenvalue weighted by Gasteiger charge is 2.27. The number of aromatic nitrogens is 2. The molecule has 2 aromatic rings. The molecule has 9 nitrogen and oxygen atoms in total. The third-order valence-electron chi connectivity index (χ3n) is 4.57. The number of nitrogens with zero attached hydrogens (tertiary/aromatic N) is 3. The van der Waals surface area contributed by atoms with E-state index in [1.54, 1.807) is 7.05 Å². The lowest BCUT2D eigenvalue weighted by atomic mass is 10.2. The van der Waals surface area contributed by atoms with Gasteiger partial charge in [0.25, 0.3) is 10.0 Å². The van der Waals surface area contributed by atoms with Gasteiger partial charge in [-0.25, -0.2) is 13.4 Å². The van der Waals surface area contributed by atoms with Crippen molar-refractivity contribution in [1.29, 1.82) is 0 Å². The summed E-state index contributed by atoms with van der Waals surface area (Å²) in [7, 11) is -4.67. The second-order valence-electron chi connectivity index (χ2n) is 6.66. The lowest BCUT2D eigenvalue weighted by Gasteiger charge is -2.21. The van der Waals surface area contributed by atoms with Crippen LogP contribution in [0.15, 0.2) is 40.6 Å².